The molecule has 7 nitrogen and oxygen atoms in total. The van der Waals surface area contributed by atoms with E-state index in [1.165, 1.54) is 4.90 Å². The van der Waals surface area contributed by atoms with Gasteiger partial charge in [-0.3, -0.25) is 13.9 Å². The minimum absolute atomic E-state index is 0.0606. The van der Waals surface area contributed by atoms with Crippen molar-refractivity contribution in [2.45, 2.75) is 52.7 Å². The van der Waals surface area contributed by atoms with Crippen molar-refractivity contribution in [3.8, 4) is 0 Å². The number of para-hydroxylation sites is 1. The first kappa shape index (κ1) is 28.0. The largest absolute Gasteiger partial charge is 0.352 e. The smallest absolute Gasteiger partial charge is 0.244 e. The molecule has 0 aromatic heterocycles. The van der Waals surface area contributed by atoms with Crippen LogP contribution in [0.25, 0.3) is 0 Å². The molecule has 0 saturated heterocycles. The number of aryl methyl sites for hydroxylation is 1. The van der Waals surface area contributed by atoms with Gasteiger partial charge in [-0.15, -0.1) is 0 Å². The Morgan fingerprint density at radius 2 is 1.71 bits per heavy atom. The van der Waals surface area contributed by atoms with Crippen molar-refractivity contribution in [3.63, 3.8) is 0 Å². The molecule has 0 saturated carbocycles. The molecule has 2 rings (SSSR count). The average Bonchev–Trinajstić information content (AvgIpc) is 2.73. The molecule has 0 bridgehead atoms. The molecule has 0 spiro atoms. The second-order valence-electron chi connectivity index (χ2n) is 8.41. The summed E-state index contributed by atoms with van der Waals surface area (Å²) in [6.45, 7) is 6.85. The number of anilines is 1. The van der Waals surface area contributed by atoms with Gasteiger partial charge in [0.05, 0.1) is 22.0 Å². The third-order valence-corrected chi connectivity index (χ3v) is 7.08. The van der Waals surface area contributed by atoms with Gasteiger partial charge in [-0.05, 0) is 56.5 Å². The normalized spacial score (nSPS) is 12.4. The number of carbonyl (C=O) groups is 2. The fraction of sp³-hybridized carbons (Fsp3) is 0.417. The first-order chi connectivity index (χ1) is 15.8. The molecule has 1 N–H and O–H groups in total. The number of carbonyl (C=O) groups excluding carboxylic acids is 2. The maximum atomic E-state index is 13.6. The van der Waals surface area contributed by atoms with Crippen LogP contribution in [0.3, 0.4) is 0 Å². The van der Waals surface area contributed by atoms with Crippen LogP contribution in [0.15, 0.2) is 42.5 Å². The van der Waals surface area contributed by atoms with Crippen LogP contribution in [0.1, 0.15) is 38.3 Å². The highest BCUT2D eigenvalue weighted by Gasteiger charge is 2.32. The number of hydrogen-bond donors (Lipinski definition) is 1. The van der Waals surface area contributed by atoms with Gasteiger partial charge in [-0.2, -0.15) is 0 Å². The van der Waals surface area contributed by atoms with E-state index < -0.39 is 28.5 Å². The van der Waals surface area contributed by atoms with E-state index in [2.05, 4.69) is 5.32 Å². The van der Waals surface area contributed by atoms with Gasteiger partial charge in [0, 0.05) is 12.6 Å². The quantitative estimate of drug-likeness (QED) is 0.495. The lowest BCUT2D eigenvalue weighted by Gasteiger charge is -2.33. The highest BCUT2D eigenvalue weighted by Crippen LogP contribution is 2.25. The van der Waals surface area contributed by atoms with Crippen molar-refractivity contribution < 1.29 is 18.0 Å². The highest BCUT2D eigenvalue weighted by atomic mass is 35.5. The summed E-state index contributed by atoms with van der Waals surface area (Å²) in [6, 6.07) is 11.0. The molecule has 0 aliphatic heterocycles. The SMILES string of the molecule is CC[C@H](C(=O)NC(C)C)N(Cc1ccc(Cl)c(Cl)c1)C(=O)CN(c1ccccc1C)S(C)(=O)=O. The van der Waals surface area contributed by atoms with Crippen molar-refractivity contribution >= 4 is 50.7 Å². The summed E-state index contributed by atoms with van der Waals surface area (Å²) < 4.78 is 26.4. The summed E-state index contributed by atoms with van der Waals surface area (Å²) in [7, 11) is -3.78. The number of hydrogen-bond acceptors (Lipinski definition) is 4. The van der Waals surface area contributed by atoms with Gasteiger partial charge in [0.2, 0.25) is 21.8 Å². The third kappa shape index (κ3) is 7.35. The molecule has 34 heavy (non-hydrogen) atoms. The van der Waals surface area contributed by atoms with Crippen LogP contribution in [0.5, 0.6) is 0 Å². The molecule has 0 heterocycles. The summed E-state index contributed by atoms with van der Waals surface area (Å²) in [5.74, 6) is -0.821. The van der Waals surface area contributed by atoms with Gasteiger partial charge in [-0.25, -0.2) is 8.42 Å². The molecule has 186 valence electrons. The van der Waals surface area contributed by atoms with E-state index >= 15 is 0 Å². The number of rotatable bonds is 10. The van der Waals surface area contributed by atoms with E-state index in [9.17, 15) is 18.0 Å². The maximum absolute atomic E-state index is 13.6. The van der Waals surface area contributed by atoms with Crippen molar-refractivity contribution in [1.29, 1.82) is 0 Å². The number of sulfonamides is 1. The van der Waals surface area contributed by atoms with E-state index in [0.717, 1.165) is 10.6 Å². The van der Waals surface area contributed by atoms with Crippen LogP contribution in [0.4, 0.5) is 5.69 Å². The van der Waals surface area contributed by atoms with E-state index in [0.29, 0.717) is 33.3 Å². The minimum Gasteiger partial charge on any atom is -0.352 e. The molecule has 2 aromatic rings. The number of nitrogens with zero attached hydrogens (tertiary/aromatic N) is 2. The summed E-state index contributed by atoms with van der Waals surface area (Å²) in [5.41, 5.74) is 1.79. The Bertz CT molecular complexity index is 1140. The van der Waals surface area contributed by atoms with E-state index in [1.54, 1.807) is 56.3 Å². The number of benzene rings is 2. The predicted molar refractivity (Wildman–Crippen MR) is 138 cm³/mol. The highest BCUT2D eigenvalue weighted by molar-refractivity contribution is 7.92. The van der Waals surface area contributed by atoms with Crippen LogP contribution < -0.4 is 9.62 Å². The monoisotopic (exact) mass is 527 g/mol. The van der Waals surface area contributed by atoms with Crippen LogP contribution in [-0.2, 0) is 26.2 Å². The maximum Gasteiger partial charge on any atom is 0.244 e. The van der Waals surface area contributed by atoms with Crippen molar-refractivity contribution in [3.05, 3.63) is 63.6 Å². The third-order valence-electron chi connectivity index (χ3n) is 5.22. The molecule has 0 radical (unpaired) electrons. The lowest BCUT2D eigenvalue weighted by atomic mass is 10.1. The molecule has 0 aliphatic carbocycles. The van der Waals surface area contributed by atoms with Gasteiger partial charge >= 0.3 is 0 Å². The minimum atomic E-state index is -3.78. The number of amides is 2. The zero-order chi connectivity index (χ0) is 25.6. The number of halogens is 2. The average molecular weight is 529 g/mol. The first-order valence-corrected chi connectivity index (χ1v) is 13.5. The Morgan fingerprint density at radius 3 is 2.24 bits per heavy atom. The summed E-state index contributed by atoms with van der Waals surface area (Å²) in [6.07, 6.45) is 1.40. The van der Waals surface area contributed by atoms with Gasteiger partial charge in [-0.1, -0.05) is 54.4 Å². The predicted octanol–water partition coefficient (Wildman–Crippen LogP) is 4.40. The molecule has 0 unspecified atom stereocenters. The Kier molecular flexibility index (Phi) is 9.79. The van der Waals surface area contributed by atoms with Gasteiger partial charge in [0.25, 0.3) is 0 Å². The van der Waals surface area contributed by atoms with Crippen LogP contribution in [0, 0.1) is 6.92 Å². The fourth-order valence-electron chi connectivity index (χ4n) is 3.57. The van der Waals surface area contributed by atoms with Crippen LogP contribution in [-0.4, -0.2) is 50.0 Å². The zero-order valence-corrected chi connectivity index (χ0v) is 22.3. The molecule has 0 fully saturated rings. The summed E-state index contributed by atoms with van der Waals surface area (Å²) in [5, 5.41) is 3.54. The van der Waals surface area contributed by atoms with Gasteiger partial charge in [0.1, 0.15) is 12.6 Å². The molecule has 2 amide bonds. The van der Waals surface area contributed by atoms with Crippen molar-refractivity contribution in [1.82, 2.24) is 10.2 Å². The van der Waals surface area contributed by atoms with Crippen LogP contribution >= 0.6 is 23.2 Å². The Balaban J connectivity index is 2.48. The van der Waals surface area contributed by atoms with Gasteiger partial charge < -0.3 is 10.2 Å². The second-order valence-corrected chi connectivity index (χ2v) is 11.1. The Hall–Kier alpha value is -2.29. The molecule has 2 aromatic carbocycles. The lowest BCUT2D eigenvalue weighted by Crippen LogP contribution is -2.53. The Labute approximate surface area is 212 Å². The lowest BCUT2D eigenvalue weighted by molar-refractivity contribution is -0.140. The zero-order valence-electron chi connectivity index (χ0n) is 20.0. The Morgan fingerprint density at radius 1 is 1.06 bits per heavy atom. The van der Waals surface area contributed by atoms with E-state index in [4.69, 9.17) is 23.2 Å². The molecule has 10 heteroatoms. The standard InChI is InChI=1S/C24H31Cl2N3O4S/c1-6-21(24(31)27-16(2)3)28(14-18-11-12-19(25)20(26)13-18)23(30)15-29(34(5,32)33)22-10-8-7-9-17(22)4/h7-13,16,21H,6,14-15H2,1-5H3,(H,27,31)/t21-/m1/s1. The summed E-state index contributed by atoms with van der Waals surface area (Å²) >= 11 is 12.2. The molecule has 0 aliphatic rings. The van der Waals surface area contributed by atoms with E-state index in [1.807, 2.05) is 13.8 Å². The fourth-order valence-corrected chi connectivity index (χ4v) is 4.80. The second kappa shape index (κ2) is 11.9. The molecular weight excluding hydrogens is 497 g/mol. The topological polar surface area (TPSA) is 86.8 Å². The van der Waals surface area contributed by atoms with Crippen molar-refractivity contribution in [2.75, 3.05) is 17.1 Å². The molecular formula is C24H31Cl2N3O4S. The van der Waals surface area contributed by atoms with Gasteiger partial charge in [0.15, 0.2) is 0 Å². The van der Waals surface area contributed by atoms with Crippen molar-refractivity contribution in [2.24, 2.45) is 0 Å². The van der Waals surface area contributed by atoms with Crippen LogP contribution in [0.2, 0.25) is 10.0 Å². The molecule has 1 atom stereocenters. The summed E-state index contributed by atoms with van der Waals surface area (Å²) in [4.78, 5) is 28.0. The van der Waals surface area contributed by atoms with E-state index in [-0.39, 0.29) is 18.5 Å². The number of nitrogens with one attached hydrogen (secondary N) is 1. The first-order valence-electron chi connectivity index (χ1n) is 10.9.